The third-order valence-corrected chi connectivity index (χ3v) is 5.43. The number of hydrogen-bond donors (Lipinski definition) is 2. The highest BCUT2D eigenvalue weighted by Crippen LogP contribution is 2.32. The van der Waals surface area contributed by atoms with E-state index in [0.717, 1.165) is 18.9 Å². The van der Waals surface area contributed by atoms with Crippen LogP contribution < -0.4 is 10.1 Å². The Labute approximate surface area is 195 Å². The Morgan fingerprint density at radius 2 is 2.09 bits per heavy atom. The highest BCUT2D eigenvalue weighted by atomic mass is 19.1. The molecule has 3 aromatic rings. The van der Waals surface area contributed by atoms with Crippen molar-refractivity contribution in [2.24, 2.45) is 5.92 Å². The van der Waals surface area contributed by atoms with Crippen LogP contribution in [-0.2, 0) is 0 Å². The van der Waals surface area contributed by atoms with Gasteiger partial charge in [0.2, 0.25) is 5.82 Å². The second kappa shape index (κ2) is 10.1. The van der Waals surface area contributed by atoms with Gasteiger partial charge in [-0.25, -0.2) is 9.37 Å². The van der Waals surface area contributed by atoms with Crippen LogP contribution >= 0.6 is 0 Å². The number of ether oxygens (including phenoxy) is 1. The molecule has 4 rings (SSSR count). The maximum Gasteiger partial charge on any atom is 0.268 e. The third kappa shape index (κ3) is 5.28. The van der Waals surface area contributed by atoms with E-state index in [1.165, 1.54) is 18.3 Å². The van der Waals surface area contributed by atoms with E-state index in [-0.39, 0.29) is 35.6 Å². The van der Waals surface area contributed by atoms with Gasteiger partial charge in [0.1, 0.15) is 17.3 Å². The molecule has 1 aliphatic carbocycles. The fourth-order valence-electron chi connectivity index (χ4n) is 3.29. The summed E-state index contributed by atoms with van der Waals surface area (Å²) in [6.45, 7) is 3.24. The average molecular weight is 468 g/mol. The molecule has 0 radical (unpaired) electrons. The van der Waals surface area contributed by atoms with Gasteiger partial charge in [0.25, 0.3) is 11.8 Å². The zero-order chi connectivity index (χ0) is 24.2. The number of aliphatic hydroxyl groups is 1. The van der Waals surface area contributed by atoms with Crippen LogP contribution in [0.4, 0.5) is 4.39 Å². The molecule has 2 N–H and O–H groups in total. The molecule has 1 aromatic carbocycles. The van der Waals surface area contributed by atoms with Gasteiger partial charge < -0.3 is 19.7 Å². The van der Waals surface area contributed by atoms with E-state index >= 15 is 0 Å². The van der Waals surface area contributed by atoms with Crippen molar-refractivity contribution in [1.82, 2.24) is 20.4 Å². The average Bonchev–Trinajstić information content (AvgIpc) is 3.58. The minimum atomic E-state index is -0.748. The van der Waals surface area contributed by atoms with Crippen LogP contribution in [0.1, 0.15) is 66.0 Å². The Morgan fingerprint density at radius 1 is 1.29 bits per heavy atom. The van der Waals surface area contributed by atoms with Crippen molar-refractivity contribution in [3.05, 3.63) is 59.5 Å². The first kappa shape index (κ1) is 23.5. The Morgan fingerprint density at radius 3 is 2.71 bits per heavy atom. The monoisotopic (exact) mass is 468 g/mol. The first-order chi connectivity index (χ1) is 16.4. The Kier molecular flexibility index (Phi) is 6.97. The molecule has 1 aliphatic rings. The predicted octanol–water partition coefficient (Wildman–Crippen LogP) is 3.50. The number of aromatic nitrogens is 3. The van der Waals surface area contributed by atoms with Gasteiger partial charge >= 0.3 is 0 Å². The van der Waals surface area contributed by atoms with Crippen LogP contribution in [0.2, 0.25) is 0 Å². The number of Topliss-reactive ketones (excluding diaryl/α,β-unsaturated/α-hetero) is 1. The van der Waals surface area contributed by atoms with E-state index in [2.05, 4.69) is 20.4 Å². The Hall–Kier alpha value is -3.66. The number of amides is 1. The van der Waals surface area contributed by atoms with Gasteiger partial charge in [-0.15, -0.1) is 0 Å². The molecule has 2 atom stereocenters. The summed E-state index contributed by atoms with van der Waals surface area (Å²) < 4.78 is 25.8. The van der Waals surface area contributed by atoms with E-state index in [1.54, 1.807) is 19.1 Å². The fraction of sp³-hybridized carbons (Fsp3) is 0.375. The molecule has 2 unspecified atom stereocenters. The summed E-state index contributed by atoms with van der Waals surface area (Å²) in [6.07, 6.45) is 3.27. The van der Waals surface area contributed by atoms with E-state index in [9.17, 15) is 14.0 Å². The quantitative estimate of drug-likeness (QED) is 0.433. The van der Waals surface area contributed by atoms with E-state index < -0.39 is 23.9 Å². The fourth-order valence-corrected chi connectivity index (χ4v) is 3.29. The summed E-state index contributed by atoms with van der Waals surface area (Å²) in [5.41, 5.74) is 0.602. The lowest BCUT2D eigenvalue weighted by Crippen LogP contribution is -2.35. The molecule has 0 aliphatic heterocycles. The van der Waals surface area contributed by atoms with Gasteiger partial charge in [-0.1, -0.05) is 18.1 Å². The highest BCUT2D eigenvalue weighted by molar-refractivity contribution is 5.97. The van der Waals surface area contributed by atoms with Crippen molar-refractivity contribution in [3.63, 3.8) is 0 Å². The molecule has 0 bridgehead atoms. The van der Waals surface area contributed by atoms with Gasteiger partial charge in [0.05, 0.1) is 18.4 Å². The standard InChI is InChI=1S/C24H25FN4O5/c1-3-20(33-16-7-9-19(26-11-16)21(31)14-4-5-14)24-28-22(29-34-24)15-6-8-17(18(25)10-15)23(32)27-13(2)12-30/h6-11,13-14,20,30H,3-5,12H2,1-2H3,(H,27,32). The lowest BCUT2D eigenvalue weighted by atomic mass is 10.1. The summed E-state index contributed by atoms with van der Waals surface area (Å²) in [5, 5.41) is 15.5. The van der Waals surface area contributed by atoms with E-state index in [0.29, 0.717) is 23.4 Å². The predicted molar refractivity (Wildman–Crippen MR) is 119 cm³/mol. The molecule has 1 amide bonds. The molecule has 1 fully saturated rings. The molecule has 0 saturated heterocycles. The summed E-state index contributed by atoms with van der Waals surface area (Å²) in [7, 11) is 0. The number of aliphatic hydroxyl groups excluding tert-OH is 1. The van der Waals surface area contributed by atoms with E-state index in [4.69, 9.17) is 14.4 Å². The number of pyridine rings is 1. The number of hydrogen-bond acceptors (Lipinski definition) is 8. The normalized spacial score (nSPS) is 14.9. The van der Waals surface area contributed by atoms with Gasteiger partial charge in [-0.3, -0.25) is 9.59 Å². The van der Waals surface area contributed by atoms with Crippen molar-refractivity contribution in [3.8, 4) is 17.1 Å². The molecular weight excluding hydrogens is 443 g/mol. The summed E-state index contributed by atoms with van der Waals surface area (Å²) >= 11 is 0. The van der Waals surface area contributed by atoms with Crippen LogP contribution in [0.25, 0.3) is 11.4 Å². The van der Waals surface area contributed by atoms with Gasteiger partial charge in [0, 0.05) is 17.5 Å². The smallest absolute Gasteiger partial charge is 0.268 e. The summed E-state index contributed by atoms with van der Waals surface area (Å²) in [4.78, 5) is 32.8. The first-order valence-electron chi connectivity index (χ1n) is 11.1. The van der Waals surface area contributed by atoms with Crippen LogP contribution in [-0.4, -0.2) is 44.6 Å². The zero-order valence-electron chi connectivity index (χ0n) is 18.8. The molecule has 34 heavy (non-hydrogen) atoms. The SMILES string of the molecule is CCC(Oc1ccc(C(=O)C2CC2)nc1)c1nc(-c2ccc(C(=O)NC(C)CO)c(F)c2)no1. The van der Waals surface area contributed by atoms with Crippen LogP contribution in [0.5, 0.6) is 5.75 Å². The number of halogens is 1. The zero-order valence-corrected chi connectivity index (χ0v) is 18.8. The number of benzene rings is 1. The highest BCUT2D eigenvalue weighted by Gasteiger charge is 2.31. The lowest BCUT2D eigenvalue weighted by molar-refractivity contribution is 0.0917. The van der Waals surface area contributed by atoms with Crippen molar-refractivity contribution < 1.29 is 28.3 Å². The lowest BCUT2D eigenvalue weighted by Gasteiger charge is -2.13. The second-order valence-corrected chi connectivity index (χ2v) is 8.24. The molecule has 2 heterocycles. The van der Waals surface area contributed by atoms with Crippen LogP contribution in [0.3, 0.4) is 0 Å². The molecular formula is C24H25FN4O5. The number of nitrogens with zero attached hydrogens (tertiary/aromatic N) is 3. The number of carbonyl (C=O) groups is 2. The second-order valence-electron chi connectivity index (χ2n) is 8.24. The van der Waals surface area contributed by atoms with Crippen molar-refractivity contribution in [2.75, 3.05) is 6.61 Å². The topological polar surface area (TPSA) is 127 Å². The van der Waals surface area contributed by atoms with Gasteiger partial charge in [0.15, 0.2) is 11.9 Å². The van der Waals surface area contributed by atoms with E-state index in [1.807, 2.05) is 6.92 Å². The van der Waals surface area contributed by atoms with Crippen molar-refractivity contribution in [2.45, 2.75) is 45.3 Å². The summed E-state index contributed by atoms with van der Waals surface area (Å²) in [5.74, 6) is -0.420. The minimum Gasteiger partial charge on any atom is -0.479 e. The molecule has 10 heteroatoms. The largest absolute Gasteiger partial charge is 0.479 e. The molecule has 0 spiro atoms. The first-order valence-corrected chi connectivity index (χ1v) is 11.1. The minimum absolute atomic E-state index is 0.0544. The molecule has 178 valence electrons. The summed E-state index contributed by atoms with van der Waals surface area (Å²) in [6, 6.07) is 6.81. The number of nitrogens with one attached hydrogen (secondary N) is 1. The number of ketones is 1. The maximum atomic E-state index is 14.5. The molecule has 9 nitrogen and oxygen atoms in total. The van der Waals surface area contributed by atoms with Gasteiger partial charge in [-0.05, 0) is 50.5 Å². The number of rotatable bonds is 10. The van der Waals surface area contributed by atoms with Crippen molar-refractivity contribution in [1.29, 1.82) is 0 Å². The Bertz CT molecular complexity index is 1180. The van der Waals surface area contributed by atoms with Crippen molar-refractivity contribution >= 4 is 11.7 Å². The number of carbonyl (C=O) groups excluding carboxylic acids is 2. The van der Waals surface area contributed by atoms with Crippen LogP contribution in [0, 0.1) is 11.7 Å². The molecule has 2 aromatic heterocycles. The Balaban J connectivity index is 1.45. The van der Waals surface area contributed by atoms with Crippen LogP contribution in [0.15, 0.2) is 41.1 Å². The maximum absolute atomic E-state index is 14.5. The molecule has 1 saturated carbocycles. The van der Waals surface area contributed by atoms with Gasteiger partial charge in [-0.2, -0.15) is 4.98 Å². The third-order valence-electron chi connectivity index (χ3n) is 5.43.